The van der Waals surface area contributed by atoms with Crippen LogP contribution in [0.3, 0.4) is 0 Å². The zero-order valence-corrected chi connectivity index (χ0v) is 30.7. The molecule has 0 aromatic heterocycles. The summed E-state index contributed by atoms with van der Waals surface area (Å²) in [6, 6.07) is 0. The van der Waals surface area contributed by atoms with Crippen LogP contribution in [-0.2, 0) is 14.3 Å². The Morgan fingerprint density at radius 1 is 0.556 bits per heavy atom. The van der Waals surface area contributed by atoms with Gasteiger partial charge in [0.25, 0.3) is 0 Å². The molecule has 0 aromatic rings. The Labute approximate surface area is 280 Å². The Bertz CT molecular complexity index is 604. The summed E-state index contributed by atoms with van der Waals surface area (Å²) in [4.78, 5) is 15.2. The summed E-state index contributed by atoms with van der Waals surface area (Å²) in [6.07, 6.45) is 27.6. The standard InChI is InChI=1S/C39H79NO5/c1-5-9-13-19-28-36(26-11-7-3)38(42)44-34-23-17-15-21-30-40(32-25-33-41)31-22-16-18-24-35-45-39(43)37(27-12-8-4)29-20-14-10-6-2/h36-38,41-42H,5-35H2,1-4H3. The van der Waals surface area contributed by atoms with E-state index >= 15 is 0 Å². The summed E-state index contributed by atoms with van der Waals surface area (Å²) in [5, 5.41) is 20.0. The maximum absolute atomic E-state index is 12.7. The van der Waals surface area contributed by atoms with E-state index in [9.17, 15) is 15.0 Å². The van der Waals surface area contributed by atoms with Crippen LogP contribution in [0.4, 0.5) is 0 Å². The van der Waals surface area contributed by atoms with E-state index in [-0.39, 0.29) is 24.4 Å². The molecule has 0 fully saturated rings. The van der Waals surface area contributed by atoms with Crippen molar-refractivity contribution in [2.24, 2.45) is 11.8 Å². The quantitative estimate of drug-likeness (QED) is 0.0403. The maximum atomic E-state index is 12.7. The van der Waals surface area contributed by atoms with E-state index in [1.54, 1.807) is 0 Å². The molecule has 0 spiro atoms. The highest BCUT2D eigenvalue weighted by molar-refractivity contribution is 5.72. The molecule has 0 aromatic carbocycles. The second kappa shape index (κ2) is 34.6. The highest BCUT2D eigenvalue weighted by Crippen LogP contribution is 2.22. The summed E-state index contributed by atoms with van der Waals surface area (Å²) in [5.41, 5.74) is 0. The molecule has 2 N–H and O–H groups in total. The molecule has 0 heterocycles. The number of esters is 1. The van der Waals surface area contributed by atoms with Crippen LogP contribution in [0.5, 0.6) is 0 Å². The first-order valence-electron chi connectivity index (χ1n) is 19.8. The van der Waals surface area contributed by atoms with Crippen molar-refractivity contribution in [3.8, 4) is 0 Å². The van der Waals surface area contributed by atoms with E-state index in [1.807, 2.05) is 0 Å². The monoisotopic (exact) mass is 642 g/mol. The van der Waals surface area contributed by atoms with Crippen LogP contribution in [0, 0.1) is 11.8 Å². The van der Waals surface area contributed by atoms with Crippen LogP contribution < -0.4 is 0 Å². The van der Waals surface area contributed by atoms with E-state index in [0.29, 0.717) is 13.2 Å². The van der Waals surface area contributed by atoms with Gasteiger partial charge in [-0.1, -0.05) is 130 Å². The molecule has 3 atom stereocenters. The molecule has 0 amide bonds. The predicted molar refractivity (Wildman–Crippen MR) is 192 cm³/mol. The zero-order valence-electron chi connectivity index (χ0n) is 30.7. The van der Waals surface area contributed by atoms with Crippen LogP contribution in [0.15, 0.2) is 0 Å². The number of unbranched alkanes of at least 4 members (excludes halogenated alkanes) is 14. The first-order chi connectivity index (χ1) is 22.0. The minimum atomic E-state index is -0.609. The van der Waals surface area contributed by atoms with Crippen LogP contribution in [-0.4, -0.2) is 66.8 Å². The lowest BCUT2D eigenvalue weighted by Gasteiger charge is -2.23. The molecule has 6 heteroatoms. The Kier molecular flexibility index (Phi) is 34.1. The fourth-order valence-electron chi connectivity index (χ4n) is 6.22. The minimum absolute atomic E-state index is 0.0341. The van der Waals surface area contributed by atoms with Gasteiger partial charge >= 0.3 is 5.97 Å². The topological polar surface area (TPSA) is 79.2 Å². The van der Waals surface area contributed by atoms with Gasteiger partial charge in [-0.3, -0.25) is 4.79 Å². The molecule has 0 saturated carbocycles. The van der Waals surface area contributed by atoms with Gasteiger partial charge in [-0.15, -0.1) is 0 Å². The number of rotatable bonds is 36. The molecule has 270 valence electrons. The van der Waals surface area contributed by atoms with Gasteiger partial charge in [-0.2, -0.15) is 0 Å². The first kappa shape index (κ1) is 44.3. The average Bonchev–Trinajstić information content (AvgIpc) is 3.04. The Balaban J connectivity index is 4.11. The van der Waals surface area contributed by atoms with Crippen LogP contribution >= 0.6 is 0 Å². The van der Waals surface area contributed by atoms with Crippen molar-refractivity contribution in [2.75, 3.05) is 39.5 Å². The lowest BCUT2D eigenvalue weighted by Crippen LogP contribution is -2.28. The third-order valence-electron chi connectivity index (χ3n) is 9.31. The van der Waals surface area contributed by atoms with Gasteiger partial charge in [-0.05, 0) is 70.9 Å². The number of aliphatic hydroxyl groups is 2. The molecule has 0 aliphatic carbocycles. The number of carbonyl (C=O) groups is 1. The smallest absolute Gasteiger partial charge is 0.308 e. The summed E-state index contributed by atoms with van der Waals surface area (Å²) in [7, 11) is 0. The summed E-state index contributed by atoms with van der Waals surface area (Å²) < 4.78 is 11.6. The van der Waals surface area contributed by atoms with Crippen LogP contribution in [0.25, 0.3) is 0 Å². The number of nitrogens with zero attached hydrogens (tertiary/aromatic N) is 1. The molecule has 0 saturated heterocycles. The Morgan fingerprint density at radius 2 is 1.02 bits per heavy atom. The van der Waals surface area contributed by atoms with Gasteiger partial charge < -0.3 is 24.6 Å². The largest absolute Gasteiger partial charge is 0.465 e. The van der Waals surface area contributed by atoms with Gasteiger partial charge in [0, 0.05) is 25.7 Å². The van der Waals surface area contributed by atoms with E-state index in [2.05, 4.69) is 32.6 Å². The van der Waals surface area contributed by atoms with E-state index in [0.717, 1.165) is 116 Å². The SMILES string of the molecule is CCCCCCC(CCCC)C(=O)OCCCCCCN(CCCO)CCCCCCOC(O)C(CCCC)CCCCCC. The maximum Gasteiger partial charge on any atom is 0.308 e. The second-order valence-electron chi connectivity index (χ2n) is 13.6. The molecule has 0 aliphatic rings. The van der Waals surface area contributed by atoms with Crippen LogP contribution in [0.1, 0.15) is 188 Å². The average molecular weight is 642 g/mol. The molecule has 6 nitrogen and oxygen atoms in total. The summed E-state index contributed by atoms with van der Waals surface area (Å²) in [5.74, 6) is 0.408. The number of aliphatic hydroxyl groups excluding tert-OH is 2. The fourth-order valence-corrected chi connectivity index (χ4v) is 6.22. The van der Waals surface area contributed by atoms with Gasteiger partial charge in [0.1, 0.15) is 0 Å². The van der Waals surface area contributed by atoms with E-state index in [1.165, 1.54) is 64.2 Å². The van der Waals surface area contributed by atoms with Crippen LogP contribution in [0.2, 0.25) is 0 Å². The number of hydrogen-bond donors (Lipinski definition) is 2. The fraction of sp³-hybridized carbons (Fsp3) is 0.974. The first-order valence-corrected chi connectivity index (χ1v) is 19.8. The molecular formula is C39H79NO5. The minimum Gasteiger partial charge on any atom is -0.465 e. The van der Waals surface area contributed by atoms with E-state index in [4.69, 9.17) is 9.47 Å². The van der Waals surface area contributed by atoms with Crippen molar-refractivity contribution in [3.05, 3.63) is 0 Å². The lowest BCUT2D eigenvalue weighted by molar-refractivity contribution is -0.149. The number of hydrogen-bond acceptors (Lipinski definition) is 6. The second-order valence-corrected chi connectivity index (χ2v) is 13.6. The number of carbonyl (C=O) groups excluding carboxylic acids is 1. The third kappa shape index (κ3) is 28.1. The van der Waals surface area contributed by atoms with Gasteiger partial charge in [0.15, 0.2) is 6.29 Å². The van der Waals surface area contributed by atoms with E-state index < -0.39 is 6.29 Å². The molecule has 45 heavy (non-hydrogen) atoms. The molecule has 0 aliphatic heterocycles. The third-order valence-corrected chi connectivity index (χ3v) is 9.31. The van der Waals surface area contributed by atoms with Gasteiger partial charge in [0.2, 0.25) is 0 Å². The van der Waals surface area contributed by atoms with Crippen molar-refractivity contribution in [2.45, 2.75) is 195 Å². The highest BCUT2D eigenvalue weighted by Gasteiger charge is 2.20. The Hall–Kier alpha value is -0.690. The van der Waals surface area contributed by atoms with Crippen molar-refractivity contribution in [1.82, 2.24) is 4.90 Å². The molecular weight excluding hydrogens is 562 g/mol. The summed E-state index contributed by atoms with van der Waals surface area (Å²) in [6.45, 7) is 13.4. The predicted octanol–water partition coefficient (Wildman–Crippen LogP) is 10.2. The summed E-state index contributed by atoms with van der Waals surface area (Å²) >= 11 is 0. The molecule has 3 unspecified atom stereocenters. The van der Waals surface area contributed by atoms with Crippen molar-refractivity contribution in [3.63, 3.8) is 0 Å². The molecule has 0 radical (unpaired) electrons. The lowest BCUT2D eigenvalue weighted by atomic mass is 9.94. The Morgan fingerprint density at radius 3 is 1.62 bits per heavy atom. The van der Waals surface area contributed by atoms with Crippen molar-refractivity contribution < 1.29 is 24.5 Å². The number of ether oxygens (including phenoxy) is 2. The highest BCUT2D eigenvalue weighted by atomic mass is 16.6. The van der Waals surface area contributed by atoms with Crippen molar-refractivity contribution in [1.29, 1.82) is 0 Å². The zero-order chi connectivity index (χ0) is 33.2. The van der Waals surface area contributed by atoms with Crippen molar-refractivity contribution >= 4 is 5.97 Å². The normalized spacial score (nSPS) is 13.8. The molecule has 0 bridgehead atoms. The van der Waals surface area contributed by atoms with Gasteiger partial charge in [-0.25, -0.2) is 0 Å². The molecule has 0 rings (SSSR count). The van der Waals surface area contributed by atoms with Gasteiger partial charge in [0.05, 0.1) is 12.5 Å².